The van der Waals surface area contributed by atoms with Gasteiger partial charge in [0.2, 0.25) is 9.76 Å². The molecule has 0 aliphatic carbocycles. The SMILES string of the molecule is CCc1nn2c(/C=N/N=c3\scc(-c4ccc([N+](=O)[O-])cc4)n3-c3ccc(O)cc3)c(-c3ccc(Br)cc3)nc2s1. The molecular weight excluding hydrogens is 626 g/mol. The molecule has 3 aromatic carbocycles. The highest BCUT2D eigenvalue weighted by molar-refractivity contribution is 9.10. The van der Waals surface area contributed by atoms with Crippen molar-refractivity contribution in [1.29, 1.82) is 0 Å². The van der Waals surface area contributed by atoms with Crippen LogP contribution in [0.1, 0.15) is 17.6 Å². The van der Waals surface area contributed by atoms with Gasteiger partial charge in [0.25, 0.3) is 5.69 Å². The molecule has 0 atom stereocenters. The van der Waals surface area contributed by atoms with Gasteiger partial charge in [-0.05, 0) is 60.5 Å². The Morgan fingerprint density at radius 1 is 1.05 bits per heavy atom. The molecule has 6 aromatic rings. The number of aromatic hydroxyl groups is 1. The summed E-state index contributed by atoms with van der Waals surface area (Å²) < 4.78 is 4.66. The van der Waals surface area contributed by atoms with Crippen molar-refractivity contribution in [1.82, 2.24) is 19.2 Å². The number of imidazole rings is 1. The number of nitro benzene ring substituents is 1. The van der Waals surface area contributed by atoms with Crippen LogP contribution < -0.4 is 4.80 Å². The zero-order chi connectivity index (χ0) is 28.5. The van der Waals surface area contributed by atoms with E-state index in [0.29, 0.717) is 10.5 Å². The number of halogens is 1. The average Bonchev–Trinajstić information content (AvgIpc) is 3.68. The van der Waals surface area contributed by atoms with Crippen molar-refractivity contribution >= 4 is 55.5 Å². The van der Waals surface area contributed by atoms with Gasteiger partial charge in [-0.25, -0.2) is 9.50 Å². The van der Waals surface area contributed by atoms with Crippen molar-refractivity contribution in [3.8, 4) is 34.0 Å². The highest BCUT2D eigenvalue weighted by Gasteiger charge is 2.17. The highest BCUT2D eigenvalue weighted by Crippen LogP contribution is 2.28. The summed E-state index contributed by atoms with van der Waals surface area (Å²) in [4.78, 5) is 16.9. The maximum absolute atomic E-state index is 11.2. The summed E-state index contributed by atoms with van der Waals surface area (Å²) in [5, 5.41) is 37.6. The van der Waals surface area contributed by atoms with Gasteiger partial charge < -0.3 is 5.11 Å². The first-order chi connectivity index (χ1) is 19.9. The van der Waals surface area contributed by atoms with E-state index in [1.807, 2.05) is 34.2 Å². The molecule has 13 heteroatoms. The van der Waals surface area contributed by atoms with E-state index in [4.69, 9.17) is 10.1 Å². The molecule has 3 aromatic heterocycles. The fourth-order valence-corrected chi connectivity index (χ4v) is 6.17. The number of phenols is 1. The van der Waals surface area contributed by atoms with Crippen LogP contribution in [-0.4, -0.2) is 35.4 Å². The van der Waals surface area contributed by atoms with Crippen molar-refractivity contribution < 1.29 is 10.0 Å². The summed E-state index contributed by atoms with van der Waals surface area (Å²) in [7, 11) is 0. The van der Waals surface area contributed by atoms with Gasteiger partial charge in [-0.1, -0.05) is 46.3 Å². The molecule has 0 spiro atoms. The Labute approximate surface area is 249 Å². The van der Waals surface area contributed by atoms with Crippen LogP contribution in [0.3, 0.4) is 0 Å². The van der Waals surface area contributed by atoms with E-state index >= 15 is 0 Å². The minimum absolute atomic E-state index is 0.0108. The van der Waals surface area contributed by atoms with E-state index in [2.05, 4.69) is 33.1 Å². The lowest BCUT2D eigenvalue weighted by Gasteiger charge is -2.09. The predicted octanol–water partition coefficient (Wildman–Crippen LogP) is 6.85. The summed E-state index contributed by atoms with van der Waals surface area (Å²) in [5.74, 6) is 0.137. The first kappa shape index (κ1) is 26.7. The molecule has 0 saturated carbocycles. The van der Waals surface area contributed by atoms with Gasteiger partial charge in [-0.15, -0.1) is 16.4 Å². The Bertz CT molecular complexity index is 1970. The summed E-state index contributed by atoms with van der Waals surface area (Å²) >= 11 is 6.40. The molecule has 10 nitrogen and oxygen atoms in total. The molecule has 1 N–H and O–H groups in total. The van der Waals surface area contributed by atoms with Gasteiger partial charge in [-0.2, -0.15) is 10.2 Å². The quantitative estimate of drug-likeness (QED) is 0.115. The summed E-state index contributed by atoms with van der Waals surface area (Å²) in [5.41, 5.74) is 4.71. The van der Waals surface area contributed by atoms with Crippen LogP contribution in [-0.2, 0) is 6.42 Å². The molecule has 0 fully saturated rings. The molecule has 0 aliphatic rings. The largest absolute Gasteiger partial charge is 0.508 e. The Morgan fingerprint density at radius 2 is 1.76 bits per heavy atom. The molecule has 204 valence electrons. The van der Waals surface area contributed by atoms with Crippen LogP contribution in [0.15, 0.2) is 92.9 Å². The Hall–Kier alpha value is -4.46. The number of non-ortho nitro benzene ring substituents is 1. The van der Waals surface area contributed by atoms with Crippen LogP contribution in [0.4, 0.5) is 5.69 Å². The third-order valence-electron chi connectivity index (χ3n) is 6.21. The molecule has 0 radical (unpaired) electrons. The van der Waals surface area contributed by atoms with Gasteiger partial charge in [0.1, 0.15) is 22.1 Å². The molecule has 0 unspecified atom stereocenters. The second-order valence-electron chi connectivity index (χ2n) is 8.80. The lowest BCUT2D eigenvalue weighted by molar-refractivity contribution is -0.384. The van der Waals surface area contributed by atoms with E-state index in [-0.39, 0.29) is 11.4 Å². The average molecular weight is 647 g/mol. The van der Waals surface area contributed by atoms with Gasteiger partial charge >= 0.3 is 0 Å². The fourth-order valence-electron chi connectivity index (χ4n) is 4.20. The minimum atomic E-state index is -0.428. The molecular formula is C28H20BrN7O3S2. The number of rotatable bonds is 7. The standard InChI is InChI=1S/C28H20BrN7O3S2/c1-2-25-33-35-23(26(31-27(35)41-25)18-3-7-19(29)8-4-18)15-30-32-28-34(20-11-13-22(37)14-12-20)24(16-40-28)17-5-9-21(10-6-17)36(38)39/h3-16,37H,2H2,1H3/b30-15+,32-28-. The van der Waals surface area contributed by atoms with Gasteiger partial charge in [0.05, 0.1) is 16.8 Å². The molecule has 0 saturated heterocycles. The maximum atomic E-state index is 11.2. The second kappa shape index (κ2) is 11.2. The number of nitrogens with zero attached hydrogens (tertiary/aromatic N) is 7. The monoisotopic (exact) mass is 645 g/mol. The number of hydrogen-bond acceptors (Lipinski definition) is 9. The number of aromatic nitrogens is 4. The van der Waals surface area contributed by atoms with Crippen molar-refractivity contribution in [3.05, 3.63) is 108 Å². The van der Waals surface area contributed by atoms with Gasteiger partial charge in [0, 0.05) is 33.2 Å². The van der Waals surface area contributed by atoms with Crippen molar-refractivity contribution in [2.24, 2.45) is 10.2 Å². The van der Waals surface area contributed by atoms with Crippen LogP contribution in [0.2, 0.25) is 0 Å². The molecule has 41 heavy (non-hydrogen) atoms. The van der Waals surface area contributed by atoms with E-state index < -0.39 is 4.92 Å². The zero-order valence-electron chi connectivity index (χ0n) is 21.4. The normalized spacial score (nSPS) is 12.1. The molecule has 0 bridgehead atoms. The molecule has 3 heterocycles. The molecule has 0 amide bonds. The van der Waals surface area contributed by atoms with Gasteiger partial charge in [0.15, 0.2) is 0 Å². The number of aryl methyl sites for hydroxylation is 1. The first-order valence-electron chi connectivity index (χ1n) is 12.4. The summed E-state index contributed by atoms with van der Waals surface area (Å²) in [6.07, 6.45) is 2.46. The lowest BCUT2D eigenvalue weighted by Crippen LogP contribution is -2.13. The zero-order valence-corrected chi connectivity index (χ0v) is 24.6. The summed E-state index contributed by atoms with van der Waals surface area (Å²) in [6, 6.07) is 21.0. The van der Waals surface area contributed by atoms with Crippen LogP contribution in [0.25, 0.3) is 33.2 Å². The number of fused-ring (bicyclic) bond motifs is 1. The number of thiazole rings is 1. The minimum Gasteiger partial charge on any atom is -0.508 e. The number of nitro groups is 1. The predicted molar refractivity (Wildman–Crippen MR) is 164 cm³/mol. The number of benzene rings is 3. The third kappa shape index (κ3) is 5.34. The first-order valence-corrected chi connectivity index (χ1v) is 14.9. The van der Waals surface area contributed by atoms with Crippen molar-refractivity contribution in [2.75, 3.05) is 0 Å². The van der Waals surface area contributed by atoms with E-state index in [0.717, 1.165) is 49.1 Å². The van der Waals surface area contributed by atoms with Crippen LogP contribution in [0, 0.1) is 10.1 Å². The van der Waals surface area contributed by atoms with E-state index in [1.54, 1.807) is 47.1 Å². The van der Waals surface area contributed by atoms with Crippen molar-refractivity contribution in [3.63, 3.8) is 0 Å². The van der Waals surface area contributed by atoms with E-state index in [9.17, 15) is 15.2 Å². The smallest absolute Gasteiger partial charge is 0.269 e. The topological polar surface area (TPSA) is 123 Å². The molecule has 6 rings (SSSR count). The number of hydrogen-bond donors (Lipinski definition) is 1. The molecule has 0 aliphatic heterocycles. The van der Waals surface area contributed by atoms with E-state index in [1.165, 1.54) is 34.8 Å². The fraction of sp³-hybridized carbons (Fsp3) is 0.0714. The van der Waals surface area contributed by atoms with Gasteiger partial charge in [-0.3, -0.25) is 14.7 Å². The second-order valence-corrected chi connectivity index (χ2v) is 11.6. The Morgan fingerprint density at radius 3 is 2.44 bits per heavy atom. The highest BCUT2D eigenvalue weighted by atomic mass is 79.9. The maximum Gasteiger partial charge on any atom is 0.269 e. The Kier molecular flexibility index (Phi) is 7.30. The number of phenolic OH excluding ortho intramolecular Hbond substituents is 1. The van der Waals surface area contributed by atoms with Crippen LogP contribution >= 0.6 is 38.6 Å². The Balaban J connectivity index is 1.47. The van der Waals surface area contributed by atoms with Crippen LogP contribution in [0.5, 0.6) is 5.75 Å². The summed E-state index contributed by atoms with van der Waals surface area (Å²) in [6.45, 7) is 2.05. The van der Waals surface area contributed by atoms with Crippen molar-refractivity contribution in [2.45, 2.75) is 13.3 Å². The third-order valence-corrected chi connectivity index (χ3v) is 8.61. The lowest BCUT2D eigenvalue weighted by atomic mass is 10.1.